The standard InChI is InChI=1S/C8H10N2/c1-6-4-9-3-2-7(6)8-5-10-8/h2-4,8,10H,5H2,1H3/t8-/m1/s1. The van der Waals surface area contributed by atoms with Crippen molar-refractivity contribution in [2.45, 2.75) is 13.0 Å². The van der Waals surface area contributed by atoms with Gasteiger partial charge in [-0.15, -0.1) is 0 Å². The molecule has 0 saturated carbocycles. The van der Waals surface area contributed by atoms with Gasteiger partial charge in [0.25, 0.3) is 0 Å². The zero-order chi connectivity index (χ0) is 6.97. The number of hydrogen-bond acceptors (Lipinski definition) is 2. The summed E-state index contributed by atoms with van der Waals surface area (Å²) in [6, 6.07) is 2.70. The van der Waals surface area contributed by atoms with E-state index in [4.69, 9.17) is 0 Å². The fourth-order valence-corrected chi connectivity index (χ4v) is 1.15. The third-order valence-electron chi connectivity index (χ3n) is 1.85. The highest BCUT2D eigenvalue weighted by Gasteiger charge is 2.23. The summed E-state index contributed by atoms with van der Waals surface area (Å²) >= 11 is 0. The summed E-state index contributed by atoms with van der Waals surface area (Å²) in [6.45, 7) is 3.23. The molecular formula is C8H10N2. The Hall–Kier alpha value is -0.890. The molecule has 2 heteroatoms. The molecule has 1 saturated heterocycles. The second-order valence-electron chi connectivity index (χ2n) is 2.69. The number of rotatable bonds is 1. The molecule has 2 nitrogen and oxygen atoms in total. The Balaban J connectivity index is 2.39. The van der Waals surface area contributed by atoms with Crippen molar-refractivity contribution in [2.75, 3.05) is 6.54 Å². The van der Waals surface area contributed by atoms with Gasteiger partial charge < -0.3 is 5.32 Å². The maximum absolute atomic E-state index is 4.03. The minimum atomic E-state index is 0.614. The average molecular weight is 134 g/mol. The fraction of sp³-hybridized carbons (Fsp3) is 0.375. The molecule has 2 rings (SSSR count). The normalized spacial score (nSPS) is 22.7. The minimum Gasteiger partial charge on any atom is -0.307 e. The zero-order valence-electron chi connectivity index (χ0n) is 5.96. The highest BCUT2D eigenvalue weighted by atomic mass is 15.1. The van der Waals surface area contributed by atoms with Crippen LogP contribution < -0.4 is 5.32 Å². The summed E-state index contributed by atoms with van der Waals surface area (Å²) in [5.74, 6) is 0. The van der Waals surface area contributed by atoms with E-state index in [-0.39, 0.29) is 0 Å². The van der Waals surface area contributed by atoms with Crippen molar-refractivity contribution in [2.24, 2.45) is 0 Å². The molecule has 2 heterocycles. The number of hydrogen-bond donors (Lipinski definition) is 1. The van der Waals surface area contributed by atoms with Crippen molar-refractivity contribution in [1.82, 2.24) is 10.3 Å². The molecule has 0 bridgehead atoms. The van der Waals surface area contributed by atoms with Crippen molar-refractivity contribution in [1.29, 1.82) is 0 Å². The van der Waals surface area contributed by atoms with E-state index < -0.39 is 0 Å². The monoisotopic (exact) mass is 134 g/mol. The largest absolute Gasteiger partial charge is 0.307 e. The van der Waals surface area contributed by atoms with Crippen LogP contribution >= 0.6 is 0 Å². The molecule has 1 fully saturated rings. The maximum Gasteiger partial charge on any atom is 0.0451 e. The summed E-state index contributed by atoms with van der Waals surface area (Å²) in [4.78, 5) is 4.03. The number of pyridine rings is 1. The second-order valence-corrected chi connectivity index (χ2v) is 2.69. The van der Waals surface area contributed by atoms with Gasteiger partial charge in [-0.05, 0) is 24.1 Å². The van der Waals surface area contributed by atoms with Gasteiger partial charge in [0.15, 0.2) is 0 Å². The fourth-order valence-electron chi connectivity index (χ4n) is 1.15. The number of nitrogens with one attached hydrogen (secondary N) is 1. The van der Waals surface area contributed by atoms with Crippen LogP contribution in [0, 0.1) is 6.92 Å². The SMILES string of the molecule is Cc1cnccc1[C@H]1CN1. The zero-order valence-corrected chi connectivity index (χ0v) is 5.96. The highest BCUT2D eigenvalue weighted by Crippen LogP contribution is 2.23. The van der Waals surface area contributed by atoms with E-state index in [0.29, 0.717) is 6.04 Å². The van der Waals surface area contributed by atoms with Crippen LogP contribution in [0.1, 0.15) is 17.2 Å². The number of aryl methyl sites for hydroxylation is 1. The Labute approximate surface area is 60.3 Å². The van der Waals surface area contributed by atoms with Crippen LogP contribution in [0.3, 0.4) is 0 Å². The number of nitrogens with zero attached hydrogens (tertiary/aromatic N) is 1. The molecule has 0 amide bonds. The summed E-state index contributed by atoms with van der Waals surface area (Å²) in [5.41, 5.74) is 2.69. The van der Waals surface area contributed by atoms with Crippen molar-refractivity contribution >= 4 is 0 Å². The van der Waals surface area contributed by atoms with Crippen LogP contribution in [0.5, 0.6) is 0 Å². The summed E-state index contributed by atoms with van der Waals surface area (Å²) in [7, 11) is 0. The molecule has 0 aliphatic carbocycles. The molecule has 0 unspecified atom stereocenters. The predicted molar refractivity (Wildman–Crippen MR) is 39.7 cm³/mol. The lowest BCUT2D eigenvalue weighted by molar-refractivity contribution is 1.04. The van der Waals surface area contributed by atoms with Gasteiger partial charge in [0.05, 0.1) is 0 Å². The Kier molecular flexibility index (Phi) is 1.21. The third-order valence-corrected chi connectivity index (χ3v) is 1.85. The molecule has 52 valence electrons. The summed E-state index contributed by atoms with van der Waals surface area (Å²) in [5, 5.41) is 3.26. The van der Waals surface area contributed by atoms with Gasteiger partial charge in [0, 0.05) is 25.0 Å². The maximum atomic E-state index is 4.03. The van der Waals surface area contributed by atoms with Gasteiger partial charge in [0.1, 0.15) is 0 Å². The van der Waals surface area contributed by atoms with E-state index in [1.165, 1.54) is 11.1 Å². The Bertz CT molecular complexity index is 241. The van der Waals surface area contributed by atoms with E-state index in [1.54, 1.807) is 0 Å². The molecule has 10 heavy (non-hydrogen) atoms. The van der Waals surface area contributed by atoms with Gasteiger partial charge in [0.2, 0.25) is 0 Å². The van der Waals surface area contributed by atoms with Gasteiger partial charge in [-0.1, -0.05) is 0 Å². The molecule has 0 spiro atoms. The minimum absolute atomic E-state index is 0.614. The number of aromatic nitrogens is 1. The summed E-state index contributed by atoms with van der Waals surface area (Å²) < 4.78 is 0. The second kappa shape index (κ2) is 2.06. The van der Waals surface area contributed by atoms with Gasteiger partial charge in [-0.3, -0.25) is 4.98 Å². The van der Waals surface area contributed by atoms with Crippen molar-refractivity contribution < 1.29 is 0 Å². The molecule has 1 aromatic heterocycles. The van der Waals surface area contributed by atoms with E-state index in [0.717, 1.165) is 6.54 Å². The van der Waals surface area contributed by atoms with Gasteiger partial charge in [-0.25, -0.2) is 0 Å². The molecular weight excluding hydrogens is 124 g/mol. The van der Waals surface area contributed by atoms with Gasteiger partial charge in [-0.2, -0.15) is 0 Å². The van der Waals surface area contributed by atoms with Crippen LogP contribution in [0.15, 0.2) is 18.5 Å². The van der Waals surface area contributed by atoms with E-state index >= 15 is 0 Å². The lowest BCUT2D eigenvalue weighted by Crippen LogP contribution is -1.89. The Morgan fingerprint density at radius 2 is 2.50 bits per heavy atom. The van der Waals surface area contributed by atoms with Crippen molar-refractivity contribution in [3.05, 3.63) is 29.6 Å². The highest BCUT2D eigenvalue weighted by molar-refractivity contribution is 5.28. The smallest absolute Gasteiger partial charge is 0.0451 e. The first-order valence-electron chi connectivity index (χ1n) is 3.52. The lowest BCUT2D eigenvalue weighted by Gasteiger charge is -1.98. The Morgan fingerprint density at radius 1 is 1.70 bits per heavy atom. The third kappa shape index (κ3) is 0.907. The first-order chi connectivity index (χ1) is 4.88. The summed E-state index contributed by atoms with van der Waals surface area (Å²) in [6.07, 6.45) is 3.76. The Morgan fingerprint density at radius 3 is 3.10 bits per heavy atom. The van der Waals surface area contributed by atoms with Gasteiger partial charge >= 0.3 is 0 Å². The van der Waals surface area contributed by atoms with Crippen molar-refractivity contribution in [3.8, 4) is 0 Å². The molecule has 1 N–H and O–H groups in total. The molecule has 0 aromatic carbocycles. The van der Waals surface area contributed by atoms with Crippen LogP contribution in [0.25, 0.3) is 0 Å². The quantitative estimate of drug-likeness (QED) is 0.582. The predicted octanol–water partition coefficient (Wildman–Crippen LogP) is 1.03. The lowest BCUT2D eigenvalue weighted by atomic mass is 10.1. The van der Waals surface area contributed by atoms with E-state index in [1.807, 2.05) is 12.4 Å². The molecule has 1 atom stereocenters. The first-order valence-corrected chi connectivity index (χ1v) is 3.52. The molecule has 0 radical (unpaired) electrons. The molecule has 1 aliphatic heterocycles. The first kappa shape index (κ1) is 5.86. The molecule has 1 aliphatic rings. The van der Waals surface area contributed by atoms with E-state index in [2.05, 4.69) is 23.3 Å². The topological polar surface area (TPSA) is 34.8 Å². The van der Waals surface area contributed by atoms with Crippen LogP contribution in [-0.2, 0) is 0 Å². The van der Waals surface area contributed by atoms with E-state index in [9.17, 15) is 0 Å². The average Bonchev–Trinajstić information content (AvgIpc) is 2.71. The molecule has 1 aromatic rings. The van der Waals surface area contributed by atoms with Crippen LogP contribution in [-0.4, -0.2) is 11.5 Å². The van der Waals surface area contributed by atoms with Crippen LogP contribution in [0.4, 0.5) is 0 Å². The van der Waals surface area contributed by atoms with Crippen molar-refractivity contribution in [3.63, 3.8) is 0 Å². The van der Waals surface area contributed by atoms with Crippen LogP contribution in [0.2, 0.25) is 0 Å².